The van der Waals surface area contributed by atoms with Crippen LogP contribution in [0.3, 0.4) is 0 Å². The van der Waals surface area contributed by atoms with Gasteiger partial charge in [0, 0.05) is 21.5 Å². The maximum Gasteiger partial charge on any atom is 0.319 e. The van der Waals surface area contributed by atoms with Crippen molar-refractivity contribution >= 4 is 23.3 Å². The zero-order valence-corrected chi connectivity index (χ0v) is 20.1. The molecule has 1 aromatic heterocycles. The van der Waals surface area contributed by atoms with Gasteiger partial charge in [0.2, 0.25) is 0 Å². The maximum atomic E-state index is 12.5. The molecule has 0 aliphatic carbocycles. The Morgan fingerprint density at radius 3 is 2.27 bits per heavy atom. The number of anilines is 1. The van der Waals surface area contributed by atoms with Gasteiger partial charge in [-0.2, -0.15) is 5.10 Å². The van der Waals surface area contributed by atoms with E-state index in [-0.39, 0.29) is 31.2 Å². The molecule has 0 aliphatic heterocycles. The molecule has 3 rings (SSSR count). The van der Waals surface area contributed by atoms with E-state index in [1.54, 1.807) is 41.9 Å². The van der Waals surface area contributed by atoms with Gasteiger partial charge in [-0.1, -0.05) is 57.5 Å². The van der Waals surface area contributed by atoms with Gasteiger partial charge in [-0.3, -0.25) is 0 Å². The molecule has 0 aliphatic rings. The third-order valence-electron chi connectivity index (χ3n) is 5.57. The number of carbonyl (C=O) groups excluding carboxylic acids is 1. The van der Waals surface area contributed by atoms with Crippen LogP contribution >= 0.6 is 11.6 Å². The largest absolute Gasteiger partial charge is 0.395 e. The highest BCUT2D eigenvalue weighted by molar-refractivity contribution is 6.30. The van der Waals surface area contributed by atoms with Crippen molar-refractivity contribution in [3.8, 4) is 5.69 Å². The van der Waals surface area contributed by atoms with Crippen molar-refractivity contribution in [2.24, 2.45) is 0 Å². The molecular weight excluding hydrogens is 440 g/mol. The molecule has 3 aromatic rings. The van der Waals surface area contributed by atoms with Gasteiger partial charge in [0.05, 0.1) is 36.8 Å². The monoisotopic (exact) mass is 470 g/mol. The lowest BCUT2D eigenvalue weighted by molar-refractivity contribution is 0.129. The summed E-state index contributed by atoms with van der Waals surface area (Å²) in [5, 5.41) is 30.1. The van der Waals surface area contributed by atoms with E-state index in [2.05, 4.69) is 31.4 Å². The third-order valence-corrected chi connectivity index (χ3v) is 5.81. The molecule has 0 fully saturated rings. The topological polar surface area (TPSA) is 99.4 Å². The van der Waals surface area contributed by atoms with Gasteiger partial charge in [0.25, 0.3) is 0 Å². The van der Waals surface area contributed by atoms with E-state index < -0.39 is 5.41 Å². The molecule has 4 N–H and O–H groups in total. The molecule has 2 aromatic carbocycles. The molecule has 0 saturated heterocycles. The number of hydrogen-bond acceptors (Lipinski definition) is 4. The highest BCUT2D eigenvalue weighted by Crippen LogP contribution is 2.26. The van der Waals surface area contributed by atoms with Crippen LogP contribution < -0.4 is 10.6 Å². The molecule has 1 heterocycles. The molecule has 0 bridgehead atoms. The maximum absolute atomic E-state index is 12.5. The summed E-state index contributed by atoms with van der Waals surface area (Å²) in [6.07, 6.45) is 0. The Morgan fingerprint density at radius 1 is 1.03 bits per heavy atom. The molecule has 0 spiro atoms. The highest BCUT2D eigenvalue weighted by atomic mass is 35.5. The average molecular weight is 471 g/mol. The summed E-state index contributed by atoms with van der Waals surface area (Å²) < 4.78 is 1.80. The van der Waals surface area contributed by atoms with Gasteiger partial charge in [-0.15, -0.1) is 0 Å². The lowest BCUT2D eigenvalue weighted by atomic mass is 9.84. The van der Waals surface area contributed by atoms with Crippen molar-refractivity contribution in [3.05, 3.63) is 76.6 Å². The van der Waals surface area contributed by atoms with Crippen LogP contribution in [0.2, 0.25) is 5.02 Å². The fraction of sp³-hybridized carbons (Fsp3) is 0.360. The van der Waals surface area contributed by atoms with Crippen LogP contribution in [0.25, 0.3) is 5.69 Å². The molecule has 0 unspecified atom stereocenters. The number of nitrogens with one attached hydrogen (secondary N) is 2. The number of urea groups is 1. The molecule has 33 heavy (non-hydrogen) atoms. The normalized spacial score (nSPS) is 12.0. The number of benzene rings is 2. The first-order valence-electron chi connectivity index (χ1n) is 10.8. The van der Waals surface area contributed by atoms with Crippen LogP contribution in [0, 0.1) is 0 Å². The molecule has 176 valence electrons. The second kappa shape index (κ2) is 9.95. The quantitative estimate of drug-likeness (QED) is 0.411. The Balaban J connectivity index is 1.73. The fourth-order valence-electron chi connectivity index (χ4n) is 3.28. The van der Waals surface area contributed by atoms with Crippen molar-refractivity contribution in [2.45, 2.75) is 45.1 Å². The van der Waals surface area contributed by atoms with Gasteiger partial charge in [0.15, 0.2) is 0 Å². The third kappa shape index (κ3) is 5.93. The summed E-state index contributed by atoms with van der Waals surface area (Å²) >= 11 is 6.17. The Morgan fingerprint density at radius 2 is 1.70 bits per heavy atom. The van der Waals surface area contributed by atoms with E-state index in [0.717, 1.165) is 22.6 Å². The number of aromatic nitrogens is 2. The Hall–Kier alpha value is -2.87. The van der Waals surface area contributed by atoms with E-state index >= 15 is 0 Å². The van der Waals surface area contributed by atoms with Gasteiger partial charge in [-0.25, -0.2) is 9.48 Å². The standard InChI is InChI=1S/C25H31ClN4O3/c1-24(2,3)22-13-21(30(29-22)20-7-5-6-18(26)12-20)14-27-23(33)28-19-10-8-17(9-11-19)25(4,15-31)16-32/h5-13,31-32H,14-16H2,1-4H3,(H2,27,28,33). The molecule has 8 heteroatoms. The molecule has 0 radical (unpaired) electrons. The lowest BCUT2D eigenvalue weighted by Crippen LogP contribution is -2.31. The number of aliphatic hydroxyl groups is 2. The van der Waals surface area contributed by atoms with Crippen molar-refractivity contribution in [1.29, 1.82) is 0 Å². The van der Waals surface area contributed by atoms with Crippen LogP contribution in [-0.2, 0) is 17.4 Å². The van der Waals surface area contributed by atoms with E-state index in [1.807, 2.05) is 24.3 Å². The first-order chi connectivity index (χ1) is 15.6. The summed E-state index contributed by atoms with van der Waals surface area (Å²) in [5.41, 5.74) is 3.07. The number of aliphatic hydroxyl groups excluding tert-OH is 2. The van der Waals surface area contributed by atoms with Crippen LogP contribution in [-0.4, -0.2) is 39.2 Å². The zero-order valence-electron chi connectivity index (χ0n) is 19.4. The fourth-order valence-corrected chi connectivity index (χ4v) is 3.46. The molecule has 0 atom stereocenters. The summed E-state index contributed by atoms with van der Waals surface area (Å²) in [4.78, 5) is 12.5. The minimum absolute atomic E-state index is 0.153. The number of nitrogens with zero attached hydrogens (tertiary/aromatic N) is 2. The lowest BCUT2D eigenvalue weighted by Gasteiger charge is -2.25. The molecule has 2 amide bonds. The molecular formula is C25H31ClN4O3. The van der Waals surface area contributed by atoms with Crippen LogP contribution in [0.15, 0.2) is 54.6 Å². The molecule has 7 nitrogen and oxygen atoms in total. The minimum Gasteiger partial charge on any atom is -0.395 e. The number of halogens is 1. The second-order valence-electron chi connectivity index (χ2n) is 9.42. The Labute approximate surface area is 199 Å². The molecule has 0 saturated carbocycles. The van der Waals surface area contributed by atoms with Gasteiger partial charge >= 0.3 is 6.03 Å². The van der Waals surface area contributed by atoms with Crippen molar-refractivity contribution in [1.82, 2.24) is 15.1 Å². The number of carbonyl (C=O) groups is 1. The SMILES string of the molecule is CC(C)(C)c1cc(CNC(=O)Nc2ccc(C(C)(CO)CO)cc2)n(-c2cccc(Cl)c2)n1. The van der Waals surface area contributed by atoms with E-state index in [9.17, 15) is 15.0 Å². The van der Waals surface area contributed by atoms with Crippen molar-refractivity contribution in [3.63, 3.8) is 0 Å². The predicted octanol–water partition coefficient (Wildman–Crippen LogP) is 4.39. The first kappa shape index (κ1) is 24.8. The van der Waals surface area contributed by atoms with E-state index in [0.29, 0.717) is 10.7 Å². The second-order valence-corrected chi connectivity index (χ2v) is 9.86. The summed E-state index contributed by atoms with van der Waals surface area (Å²) in [5.74, 6) is 0. The van der Waals surface area contributed by atoms with Crippen molar-refractivity contribution < 1.29 is 15.0 Å². The van der Waals surface area contributed by atoms with Gasteiger partial charge < -0.3 is 20.8 Å². The Kier molecular flexibility index (Phi) is 7.47. The first-order valence-corrected chi connectivity index (χ1v) is 11.2. The number of hydrogen-bond donors (Lipinski definition) is 4. The summed E-state index contributed by atoms with van der Waals surface area (Å²) in [7, 11) is 0. The summed E-state index contributed by atoms with van der Waals surface area (Å²) in [6, 6.07) is 16.1. The zero-order chi connectivity index (χ0) is 24.2. The van der Waals surface area contributed by atoms with Gasteiger partial charge in [0.1, 0.15) is 0 Å². The summed E-state index contributed by atoms with van der Waals surface area (Å²) in [6.45, 7) is 7.96. The van der Waals surface area contributed by atoms with Crippen molar-refractivity contribution in [2.75, 3.05) is 18.5 Å². The minimum atomic E-state index is -0.732. The van der Waals surface area contributed by atoms with Crippen LogP contribution in [0.5, 0.6) is 0 Å². The average Bonchev–Trinajstić information content (AvgIpc) is 3.23. The number of amides is 2. The van der Waals surface area contributed by atoms with Crippen LogP contribution in [0.4, 0.5) is 10.5 Å². The van der Waals surface area contributed by atoms with E-state index in [4.69, 9.17) is 16.7 Å². The van der Waals surface area contributed by atoms with E-state index in [1.165, 1.54) is 0 Å². The number of rotatable bonds is 7. The van der Waals surface area contributed by atoms with Crippen LogP contribution in [0.1, 0.15) is 44.6 Å². The van der Waals surface area contributed by atoms with Gasteiger partial charge in [-0.05, 0) is 42.0 Å². The predicted molar refractivity (Wildman–Crippen MR) is 131 cm³/mol. The smallest absolute Gasteiger partial charge is 0.319 e. The Bertz CT molecular complexity index is 1100. The highest BCUT2D eigenvalue weighted by Gasteiger charge is 2.25.